The van der Waals surface area contributed by atoms with Crippen LogP contribution >= 0.6 is 0 Å². The molecule has 0 aromatic heterocycles. The van der Waals surface area contributed by atoms with E-state index >= 15 is 0 Å². The Morgan fingerprint density at radius 1 is 0.957 bits per heavy atom. The van der Waals surface area contributed by atoms with Gasteiger partial charge in [-0.2, -0.15) is 0 Å². The molecule has 0 saturated heterocycles. The lowest BCUT2D eigenvalue weighted by Crippen LogP contribution is -2.46. The van der Waals surface area contributed by atoms with Gasteiger partial charge in [-0.1, -0.05) is 19.3 Å². The number of nitrogens with one attached hydrogen (secondary N) is 1. The molecule has 0 aromatic rings. The van der Waals surface area contributed by atoms with Crippen molar-refractivity contribution in [2.75, 3.05) is 0 Å². The van der Waals surface area contributed by atoms with E-state index in [1.165, 1.54) is 6.42 Å². The lowest BCUT2D eigenvalue weighted by Gasteiger charge is -2.32. The van der Waals surface area contributed by atoms with Crippen LogP contribution < -0.4 is 11.1 Å². The summed E-state index contributed by atoms with van der Waals surface area (Å²) < 4.78 is 0. The van der Waals surface area contributed by atoms with Crippen LogP contribution in [0.2, 0.25) is 0 Å². The van der Waals surface area contributed by atoms with E-state index in [1.807, 2.05) is 0 Å². The quantitative estimate of drug-likeness (QED) is 0.692. The van der Waals surface area contributed by atoms with Gasteiger partial charge in [0.25, 0.3) is 0 Å². The van der Waals surface area contributed by atoms with E-state index < -0.39 is 5.97 Å². The van der Waals surface area contributed by atoms with Gasteiger partial charge >= 0.3 is 5.97 Å². The summed E-state index contributed by atoms with van der Waals surface area (Å²) in [5.41, 5.74) is 5.35. The van der Waals surface area contributed by atoms with Crippen LogP contribution in [0.5, 0.6) is 0 Å². The highest BCUT2D eigenvalue weighted by molar-refractivity contribution is 5.81. The molecule has 1 unspecified atom stereocenters. The van der Waals surface area contributed by atoms with Crippen LogP contribution in [-0.4, -0.2) is 28.9 Å². The zero-order valence-corrected chi connectivity index (χ0v) is 13.6. The molecule has 23 heavy (non-hydrogen) atoms. The van der Waals surface area contributed by atoms with Crippen molar-refractivity contribution in [2.24, 2.45) is 23.5 Å². The van der Waals surface area contributed by atoms with Crippen LogP contribution in [0.4, 0.5) is 0 Å². The smallest absolute Gasteiger partial charge is 0.306 e. The van der Waals surface area contributed by atoms with Gasteiger partial charge in [0.1, 0.15) is 0 Å². The van der Waals surface area contributed by atoms with Gasteiger partial charge in [-0.3, -0.25) is 14.4 Å². The third-order valence-electron chi connectivity index (χ3n) is 5.41. The summed E-state index contributed by atoms with van der Waals surface area (Å²) in [6.07, 6.45) is 8.07. The minimum atomic E-state index is -0.766. The molecular weight excluding hydrogens is 296 g/mol. The van der Waals surface area contributed by atoms with Gasteiger partial charge in [-0.25, -0.2) is 0 Å². The van der Waals surface area contributed by atoms with Gasteiger partial charge in [0.15, 0.2) is 0 Å². The van der Waals surface area contributed by atoms with Crippen molar-refractivity contribution >= 4 is 17.8 Å². The summed E-state index contributed by atoms with van der Waals surface area (Å²) in [6.45, 7) is 0. The molecule has 6 heteroatoms. The summed E-state index contributed by atoms with van der Waals surface area (Å²) in [5.74, 6) is -1.31. The summed E-state index contributed by atoms with van der Waals surface area (Å²) in [7, 11) is 0. The molecule has 0 bridgehead atoms. The van der Waals surface area contributed by atoms with Crippen LogP contribution in [0, 0.1) is 17.8 Å². The van der Waals surface area contributed by atoms with E-state index in [4.69, 9.17) is 10.8 Å². The van der Waals surface area contributed by atoms with Gasteiger partial charge in [0, 0.05) is 18.4 Å². The van der Waals surface area contributed by atoms with E-state index in [2.05, 4.69) is 5.32 Å². The van der Waals surface area contributed by atoms with E-state index in [1.54, 1.807) is 0 Å². The average molecular weight is 324 g/mol. The second-order valence-corrected chi connectivity index (χ2v) is 7.07. The highest BCUT2D eigenvalue weighted by Gasteiger charge is 2.32. The molecule has 0 heterocycles. The molecule has 0 aliphatic heterocycles. The lowest BCUT2D eigenvalue weighted by molar-refractivity contribution is -0.144. The lowest BCUT2D eigenvalue weighted by atomic mass is 9.80. The van der Waals surface area contributed by atoms with Crippen molar-refractivity contribution in [2.45, 2.75) is 70.3 Å². The zero-order valence-electron chi connectivity index (χ0n) is 13.6. The first-order chi connectivity index (χ1) is 11.0. The highest BCUT2D eigenvalue weighted by atomic mass is 16.4. The standard InChI is InChI=1S/C17H28N2O4/c18-15(20)10-14(11-4-2-1-3-5-11)19-16(21)12-6-8-13(9-7-12)17(22)23/h11-14H,1-10H2,(H2,18,20)(H,19,21)(H,22,23). The maximum absolute atomic E-state index is 12.5. The Hall–Kier alpha value is -1.59. The van der Waals surface area contributed by atoms with E-state index in [9.17, 15) is 14.4 Å². The number of hydrogen-bond donors (Lipinski definition) is 3. The molecule has 0 radical (unpaired) electrons. The molecule has 0 aromatic carbocycles. The normalized spacial score (nSPS) is 27.1. The first-order valence-electron chi connectivity index (χ1n) is 8.79. The predicted molar refractivity (Wildman–Crippen MR) is 85.4 cm³/mol. The molecule has 0 spiro atoms. The number of nitrogens with two attached hydrogens (primary N) is 1. The number of primary amides is 1. The number of aliphatic carboxylic acids is 1. The van der Waals surface area contributed by atoms with Gasteiger partial charge in [-0.05, 0) is 44.4 Å². The number of carboxylic acid groups (broad SMARTS) is 1. The fourth-order valence-corrected chi connectivity index (χ4v) is 3.99. The molecule has 2 aliphatic carbocycles. The Bertz CT molecular complexity index is 438. The Morgan fingerprint density at radius 2 is 1.52 bits per heavy atom. The van der Waals surface area contributed by atoms with Crippen molar-refractivity contribution in [3.8, 4) is 0 Å². The van der Waals surface area contributed by atoms with Gasteiger partial charge in [0.2, 0.25) is 11.8 Å². The van der Waals surface area contributed by atoms with E-state index in [0.717, 1.165) is 25.7 Å². The number of carbonyl (C=O) groups is 3. The van der Waals surface area contributed by atoms with Gasteiger partial charge in [-0.15, -0.1) is 0 Å². The molecule has 2 amide bonds. The maximum Gasteiger partial charge on any atom is 0.306 e. The number of hydrogen-bond acceptors (Lipinski definition) is 3. The molecular formula is C17H28N2O4. The number of carboxylic acids is 1. The topological polar surface area (TPSA) is 109 Å². The Morgan fingerprint density at radius 3 is 2.04 bits per heavy atom. The maximum atomic E-state index is 12.5. The molecule has 130 valence electrons. The largest absolute Gasteiger partial charge is 0.481 e. The van der Waals surface area contributed by atoms with E-state index in [0.29, 0.717) is 31.6 Å². The molecule has 6 nitrogen and oxygen atoms in total. The van der Waals surface area contributed by atoms with Gasteiger partial charge < -0.3 is 16.2 Å². The van der Waals surface area contributed by atoms with Crippen LogP contribution in [-0.2, 0) is 14.4 Å². The summed E-state index contributed by atoms with van der Waals surface area (Å²) >= 11 is 0. The van der Waals surface area contributed by atoms with Crippen LogP contribution in [0.1, 0.15) is 64.2 Å². The zero-order chi connectivity index (χ0) is 16.8. The van der Waals surface area contributed by atoms with Crippen LogP contribution in [0.25, 0.3) is 0 Å². The van der Waals surface area contributed by atoms with Crippen molar-refractivity contribution in [3.63, 3.8) is 0 Å². The Labute approximate surface area is 137 Å². The summed E-state index contributed by atoms with van der Waals surface area (Å²) in [5, 5.41) is 12.1. The third kappa shape index (κ3) is 5.22. The van der Waals surface area contributed by atoms with Crippen LogP contribution in [0.3, 0.4) is 0 Å². The van der Waals surface area contributed by atoms with Crippen LogP contribution in [0.15, 0.2) is 0 Å². The molecule has 2 aliphatic rings. The second-order valence-electron chi connectivity index (χ2n) is 7.07. The first kappa shape index (κ1) is 17.8. The molecule has 2 saturated carbocycles. The predicted octanol–water partition coefficient (Wildman–Crippen LogP) is 1.82. The van der Waals surface area contributed by atoms with E-state index in [-0.39, 0.29) is 36.1 Å². The molecule has 1 atom stereocenters. The summed E-state index contributed by atoms with van der Waals surface area (Å²) in [4.78, 5) is 34.8. The van der Waals surface area contributed by atoms with Crippen molar-refractivity contribution in [1.29, 1.82) is 0 Å². The number of carbonyl (C=O) groups excluding carboxylic acids is 2. The minimum Gasteiger partial charge on any atom is -0.481 e. The summed E-state index contributed by atoms with van der Waals surface area (Å²) in [6, 6.07) is -0.169. The first-order valence-corrected chi connectivity index (χ1v) is 8.79. The Kier molecular flexibility index (Phi) is 6.42. The molecule has 4 N–H and O–H groups in total. The third-order valence-corrected chi connectivity index (χ3v) is 5.41. The number of amides is 2. The molecule has 2 rings (SSSR count). The SMILES string of the molecule is NC(=O)CC(NC(=O)C1CCC(C(=O)O)CC1)C1CCCCC1. The van der Waals surface area contributed by atoms with Crippen molar-refractivity contribution < 1.29 is 19.5 Å². The fraction of sp³-hybridized carbons (Fsp3) is 0.824. The highest BCUT2D eigenvalue weighted by Crippen LogP contribution is 2.31. The minimum absolute atomic E-state index is 0.0364. The second kappa shape index (κ2) is 8.31. The van der Waals surface area contributed by atoms with Crippen molar-refractivity contribution in [1.82, 2.24) is 5.32 Å². The van der Waals surface area contributed by atoms with Gasteiger partial charge in [0.05, 0.1) is 5.92 Å². The Balaban J connectivity index is 1.89. The molecule has 2 fully saturated rings. The average Bonchev–Trinajstić information content (AvgIpc) is 2.54. The fourth-order valence-electron chi connectivity index (χ4n) is 3.99. The number of rotatable bonds is 6. The monoisotopic (exact) mass is 324 g/mol. The van der Waals surface area contributed by atoms with Crippen molar-refractivity contribution in [3.05, 3.63) is 0 Å².